The number of nitrogens with zero attached hydrogens (tertiary/aromatic N) is 1. The van der Waals surface area contributed by atoms with E-state index in [1.54, 1.807) is 0 Å². The second-order valence-corrected chi connectivity index (χ2v) is 4.04. The van der Waals surface area contributed by atoms with Gasteiger partial charge in [0.15, 0.2) is 0 Å². The highest BCUT2D eigenvalue weighted by Gasteiger charge is 2.61. The van der Waals surface area contributed by atoms with E-state index in [-0.39, 0.29) is 13.0 Å². The summed E-state index contributed by atoms with van der Waals surface area (Å²) in [5.41, 5.74) is 5.31. The van der Waals surface area contributed by atoms with Gasteiger partial charge in [0.1, 0.15) is 0 Å². The molecule has 18 heavy (non-hydrogen) atoms. The predicted octanol–water partition coefficient (Wildman–Crippen LogP) is 1.92. The van der Waals surface area contributed by atoms with E-state index in [1.807, 2.05) is 0 Å². The number of hydrogen-bond donors (Lipinski definition) is 1. The lowest BCUT2D eigenvalue weighted by Gasteiger charge is -2.27. The molecule has 0 heterocycles. The molecule has 0 aromatic carbocycles. The van der Waals surface area contributed by atoms with Crippen LogP contribution in [0.1, 0.15) is 13.3 Å². The average Bonchev–Trinajstić information content (AvgIpc) is 2.08. The molecular weight excluding hydrogens is 266 g/mol. The molecule has 0 spiro atoms. The summed E-state index contributed by atoms with van der Waals surface area (Å²) in [5.74, 6) is -6.00. The van der Waals surface area contributed by atoms with Crippen LogP contribution in [0.5, 0.6) is 0 Å². The molecule has 0 aliphatic rings. The van der Waals surface area contributed by atoms with Crippen LogP contribution in [0.2, 0.25) is 0 Å². The van der Waals surface area contributed by atoms with Gasteiger partial charge in [-0.05, 0) is 13.3 Å². The zero-order valence-electron chi connectivity index (χ0n) is 9.77. The number of alkyl halides is 6. The summed E-state index contributed by atoms with van der Waals surface area (Å²) in [6.07, 6.45) is -11.2. The van der Waals surface area contributed by atoms with E-state index in [2.05, 4.69) is 0 Å². The van der Waals surface area contributed by atoms with Crippen LogP contribution in [0.15, 0.2) is 0 Å². The minimum absolute atomic E-state index is 0.116. The maximum atomic E-state index is 12.2. The number of halogens is 6. The van der Waals surface area contributed by atoms with Crippen molar-refractivity contribution in [3.8, 4) is 0 Å². The van der Waals surface area contributed by atoms with Crippen molar-refractivity contribution in [1.82, 2.24) is 4.90 Å². The third kappa shape index (κ3) is 5.11. The molecule has 1 amide bonds. The predicted molar refractivity (Wildman–Crippen MR) is 51.5 cm³/mol. The quantitative estimate of drug-likeness (QED) is 0.800. The molecule has 0 aliphatic carbocycles. The Morgan fingerprint density at radius 2 is 1.56 bits per heavy atom. The topological polar surface area (TPSA) is 46.3 Å². The van der Waals surface area contributed by atoms with Gasteiger partial charge in [0, 0.05) is 19.6 Å². The molecule has 0 radical (unpaired) electrons. The van der Waals surface area contributed by atoms with E-state index in [1.165, 1.54) is 6.92 Å². The molecule has 0 saturated carbocycles. The van der Waals surface area contributed by atoms with Gasteiger partial charge in [-0.15, -0.1) is 0 Å². The molecule has 0 aliphatic heterocycles. The molecule has 108 valence electrons. The number of carbonyl (C=O) groups is 1. The fraction of sp³-hybridized carbons (Fsp3) is 0.889. The van der Waals surface area contributed by atoms with Crippen LogP contribution < -0.4 is 5.73 Å². The van der Waals surface area contributed by atoms with E-state index in [9.17, 15) is 31.1 Å². The normalized spacial score (nSPS) is 14.8. The molecular formula is C9H14F6N2O. The lowest BCUT2D eigenvalue weighted by atomic mass is 10.1. The number of amides is 1. The molecule has 0 aromatic heterocycles. The summed E-state index contributed by atoms with van der Waals surface area (Å²) in [5, 5.41) is 0. The Morgan fingerprint density at radius 1 is 1.17 bits per heavy atom. The number of carbonyl (C=O) groups excluding carboxylic acids is 1. The minimum Gasteiger partial charge on any atom is -0.345 e. The molecule has 0 aromatic rings. The van der Waals surface area contributed by atoms with Crippen molar-refractivity contribution in [3.63, 3.8) is 0 Å². The largest absolute Gasteiger partial charge is 0.409 e. The van der Waals surface area contributed by atoms with Crippen molar-refractivity contribution in [3.05, 3.63) is 0 Å². The Morgan fingerprint density at radius 3 is 1.83 bits per heavy atom. The van der Waals surface area contributed by atoms with Gasteiger partial charge in [0.05, 0.1) is 0 Å². The Labute approximate surface area is 99.9 Å². The van der Waals surface area contributed by atoms with Crippen molar-refractivity contribution in [2.45, 2.75) is 31.7 Å². The number of nitrogens with two attached hydrogens (primary N) is 1. The SMILES string of the molecule is CC(N)CCN(C)C(=O)C(C(F)(F)F)C(F)(F)F. The van der Waals surface area contributed by atoms with E-state index < -0.39 is 30.2 Å². The minimum atomic E-state index is -5.65. The van der Waals surface area contributed by atoms with Crippen molar-refractivity contribution >= 4 is 5.91 Å². The lowest BCUT2D eigenvalue weighted by Crippen LogP contribution is -2.49. The van der Waals surface area contributed by atoms with Crippen molar-refractivity contribution in [2.75, 3.05) is 13.6 Å². The van der Waals surface area contributed by atoms with Crippen LogP contribution in [0.3, 0.4) is 0 Å². The van der Waals surface area contributed by atoms with E-state index in [0.29, 0.717) is 4.90 Å². The summed E-state index contributed by atoms with van der Waals surface area (Å²) in [4.78, 5) is 11.6. The van der Waals surface area contributed by atoms with Gasteiger partial charge >= 0.3 is 12.4 Å². The highest BCUT2D eigenvalue weighted by molar-refractivity contribution is 5.80. The zero-order chi connectivity index (χ0) is 14.7. The van der Waals surface area contributed by atoms with Crippen LogP contribution in [0, 0.1) is 5.92 Å². The fourth-order valence-corrected chi connectivity index (χ4v) is 1.19. The summed E-state index contributed by atoms with van der Waals surface area (Å²) in [6, 6.07) is -0.421. The summed E-state index contributed by atoms with van der Waals surface area (Å²) < 4.78 is 73.4. The standard InChI is InChI=1S/C9H14F6N2O/c1-5(16)3-4-17(2)7(18)6(8(10,11)12)9(13,14)15/h5-6H,3-4,16H2,1-2H3. The molecule has 3 nitrogen and oxygen atoms in total. The Kier molecular flexibility index (Phi) is 5.45. The smallest absolute Gasteiger partial charge is 0.345 e. The third-order valence-electron chi connectivity index (χ3n) is 2.20. The van der Waals surface area contributed by atoms with Gasteiger partial charge in [0.25, 0.3) is 0 Å². The fourth-order valence-electron chi connectivity index (χ4n) is 1.19. The molecule has 1 unspecified atom stereocenters. The summed E-state index contributed by atoms with van der Waals surface area (Å²) in [6.45, 7) is 1.27. The molecule has 0 bridgehead atoms. The maximum absolute atomic E-state index is 12.2. The van der Waals surface area contributed by atoms with Gasteiger partial charge in [-0.2, -0.15) is 26.3 Å². The van der Waals surface area contributed by atoms with E-state index in [4.69, 9.17) is 5.73 Å². The first-order valence-corrected chi connectivity index (χ1v) is 5.01. The summed E-state index contributed by atoms with van der Waals surface area (Å²) >= 11 is 0. The lowest BCUT2D eigenvalue weighted by molar-refractivity contribution is -0.277. The van der Waals surface area contributed by atoms with Crippen LogP contribution >= 0.6 is 0 Å². The highest BCUT2D eigenvalue weighted by atomic mass is 19.4. The van der Waals surface area contributed by atoms with Crippen molar-refractivity contribution < 1.29 is 31.1 Å². The molecule has 9 heteroatoms. The third-order valence-corrected chi connectivity index (χ3v) is 2.20. The highest BCUT2D eigenvalue weighted by Crippen LogP contribution is 2.40. The van der Waals surface area contributed by atoms with Crippen molar-refractivity contribution in [2.24, 2.45) is 11.7 Å². The Hall–Kier alpha value is -0.990. The maximum Gasteiger partial charge on any atom is 0.409 e. The van der Waals surface area contributed by atoms with E-state index in [0.717, 1.165) is 7.05 Å². The zero-order valence-corrected chi connectivity index (χ0v) is 9.77. The first kappa shape index (κ1) is 17.0. The molecule has 0 rings (SSSR count). The molecule has 0 fully saturated rings. The number of hydrogen-bond acceptors (Lipinski definition) is 2. The van der Waals surface area contributed by atoms with Crippen LogP contribution in [-0.4, -0.2) is 42.8 Å². The average molecular weight is 280 g/mol. The molecule has 2 N–H and O–H groups in total. The second kappa shape index (κ2) is 5.77. The van der Waals surface area contributed by atoms with Crippen LogP contribution in [-0.2, 0) is 4.79 Å². The van der Waals surface area contributed by atoms with Gasteiger partial charge in [-0.3, -0.25) is 4.79 Å². The van der Waals surface area contributed by atoms with E-state index >= 15 is 0 Å². The first-order chi connectivity index (χ1) is 7.87. The van der Waals surface area contributed by atoms with Crippen molar-refractivity contribution in [1.29, 1.82) is 0 Å². The van der Waals surface area contributed by atoms with Gasteiger partial charge in [0.2, 0.25) is 11.8 Å². The van der Waals surface area contributed by atoms with Crippen LogP contribution in [0.25, 0.3) is 0 Å². The van der Waals surface area contributed by atoms with Crippen LogP contribution in [0.4, 0.5) is 26.3 Å². The van der Waals surface area contributed by atoms with Gasteiger partial charge in [-0.1, -0.05) is 0 Å². The Balaban J connectivity index is 4.88. The molecule has 1 atom stereocenters. The Bertz CT molecular complexity index is 272. The summed E-state index contributed by atoms with van der Waals surface area (Å²) in [7, 11) is 0.884. The van der Waals surface area contributed by atoms with Gasteiger partial charge < -0.3 is 10.6 Å². The first-order valence-electron chi connectivity index (χ1n) is 5.01. The number of rotatable bonds is 4. The monoisotopic (exact) mass is 280 g/mol. The van der Waals surface area contributed by atoms with Gasteiger partial charge in [-0.25, -0.2) is 0 Å². The second-order valence-electron chi connectivity index (χ2n) is 4.04. The molecule has 0 saturated heterocycles.